The van der Waals surface area contributed by atoms with Gasteiger partial charge in [0.1, 0.15) is 0 Å². The fourth-order valence-electron chi connectivity index (χ4n) is 2.59. The molecule has 3 heterocycles. The first-order chi connectivity index (χ1) is 11.7. The van der Waals surface area contributed by atoms with Crippen LogP contribution in [-0.2, 0) is 0 Å². The minimum Gasteiger partial charge on any atom is -0.345 e. The number of aromatic amines is 1. The molecule has 0 saturated heterocycles. The summed E-state index contributed by atoms with van der Waals surface area (Å²) in [5.74, 6) is -0.223. The summed E-state index contributed by atoms with van der Waals surface area (Å²) in [4.78, 5) is 23.9. The highest BCUT2D eigenvalue weighted by Crippen LogP contribution is 2.21. The van der Waals surface area contributed by atoms with Crippen LogP contribution < -0.4 is 5.32 Å². The van der Waals surface area contributed by atoms with Gasteiger partial charge in [-0.05, 0) is 19.1 Å². The van der Waals surface area contributed by atoms with Gasteiger partial charge in [0, 0.05) is 23.5 Å². The molecule has 0 unspecified atom stereocenters. The van der Waals surface area contributed by atoms with Crippen LogP contribution in [0.5, 0.6) is 0 Å². The number of H-pyrrole nitrogens is 1. The second kappa shape index (κ2) is 5.62. The maximum absolute atomic E-state index is 12.6. The molecule has 0 spiro atoms. The van der Waals surface area contributed by atoms with Crippen LogP contribution in [0.4, 0.5) is 5.69 Å². The zero-order valence-corrected chi connectivity index (χ0v) is 12.9. The van der Waals surface area contributed by atoms with Crippen LogP contribution in [0, 0.1) is 6.92 Å². The van der Waals surface area contributed by atoms with Crippen LogP contribution in [0.15, 0.2) is 55.2 Å². The van der Waals surface area contributed by atoms with Crippen molar-refractivity contribution in [2.24, 2.45) is 0 Å². The molecular weight excluding hydrogens is 304 g/mol. The molecule has 0 aliphatic rings. The van der Waals surface area contributed by atoms with E-state index < -0.39 is 0 Å². The van der Waals surface area contributed by atoms with E-state index in [1.807, 2.05) is 31.2 Å². The Hall–Kier alpha value is -3.48. The van der Waals surface area contributed by atoms with Gasteiger partial charge in [0.15, 0.2) is 5.65 Å². The molecule has 1 aromatic carbocycles. The third kappa shape index (κ3) is 2.41. The maximum atomic E-state index is 12.6. The molecule has 0 atom stereocenters. The number of hydrogen-bond acceptors (Lipinski definition) is 4. The Balaban J connectivity index is 1.64. The number of fused-ring (bicyclic) bond motifs is 1. The molecule has 4 aromatic rings. The number of carbonyl (C=O) groups is 1. The first kappa shape index (κ1) is 14.1. The molecule has 7 heteroatoms. The molecule has 24 heavy (non-hydrogen) atoms. The summed E-state index contributed by atoms with van der Waals surface area (Å²) in [6.07, 6.45) is 6.58. The predicted molar refractivity (Wildman–Crippen MR) is 89.7 cm³/mol. The fourth-order valence-corrected chi connectivity index (χ4v) is 2.59. The van der Waals surface area contributed by atoms with E-state index in [0.29, 0.717) is 16.9 Å². The second-order valence-electron chi connectivity index (χ2n) is 5.36. The maximum Gasteiger partial charge on any atom is 0.259 e. The highest BCUT2D eigenvalue weighted by atomic mass is 16.1. The van der Waals surface area contributed by atoms with Gasteiger partial charge < -0.3 is 10.3 Å². The van der Waals surface area contributed by atoms with Gasteiger partial charge >= 0.3 is 0 Å². The van der Waals surface area contributed by atoms with Crippen LogP contribution in [0.2, 0.25) is 0 Å². The van der Waals surface area contributed by atoms with E-state index in [-0.39, 0.29) is 5.91 Å². The van der Waals surface area contributed by atoms with Gasteiger partial charge in [-0.1, -0.05) is 12.1 Å². The number of nitrogens with zero attached hydrogens (tertiary/aromatic N) is 4. The first-order valence-electron chi connectivity index (χ1n) is 7.42. The van der Waals surface area contributed by atoms with E-state index in [2.05, 4.69) is 25.4 Å². The number of carbonyl (C=O) groups excluding carboxylic acids is 1. The lowest BCUT2D eigenvalue weighted by atomic mass is 10.1. The monoisotopic (exact) mass is 318 g/mol. The average Bonchev–Trinajstić information content (AvgIpc) is 3.27. The predicted octanol–water partition coefficient (Wildman–Crippen LogP) is 2.68. The van der Waals surface area contributed by atoms with E-state index in [0.717, 1.165) is 17.0 Å². The normalized spacial score (nSPS) is 10.9. The van der Waals surface area contributed by atoms with Crippen molar-refractivity contribution in [3.63, 3.8) is 0 Å². The lowest BCUT2D eigenvalue weighted by molar-refractivity contribution is 0.102. The average molecular weight is 318 g/mol. The lowest BCUT2D eigenvalue weighted by Gasteiger charge is -2.09. The number of amides is 1. The summed E-state index contributed by atoms with van der Waals surface area (Å²) in [6.45, 7) is 1.84. The quantitative estimate of drug-likeness (QED) is 0.608. The van der Waals surface area contributed by atoms with Crippen LogP contribution in [-0.4, -0.2) is 30.5 Å². The molecule has 0 fully saturated rings. The number of imidazole rings is 1. The van der Waals surface area contributed by atoms with E-state index in [1.54, 1.807) is 35.5 Å². The molecular formula is C17H14N6O. The molecule has 2 N–H and O–H groups in total. The topological polar surface area (TPSA) is 88.0 Å². The minimum absolute atomic E-state index is 0.223. The zero-order chi connectivity index (χ0) is 16.5. The van der Waals surface area contributed by atoms with E-state index >= 15 is 0 Å². The Bertz CT molecular complexity index is 1020. The van der Waals surface area contributed by atoms with E-state index in [1.165, 1.54) is 0 Å². The van der Waals surface area contributed by atoms with E-state index in [4.69, 9.17) is 0 Å². The molecule has 0 saturated carbocycles. The number of anilines is 1. The molecule has 1 amide bonds. The molecule has 3 aromatic heterocycles. The van der Waals surface area contributed by atoms with Crippen molar-refractivity contribution in [3.8, 4) is 11.3 Å². The molecule has 0 aliphatic carbocycles. The molecule has 118 valence electrons. The number of aryl methyl sites for hydroxylation is 1. The Morgan fingerprint density at radius 1 is 1.25 bits per heavy atom. The van der Waals surface area contributed by atoms with Gasteiger partial charge in [-0.3, -0.25) is 4.79 Å². The smallest absolute Gasteiger partial charge is 0.259 e. The van der Waals surface area contributed by atoms with Gasteiger partial charge in [0.2, 0.25) is 0 Å². The third-order valence-electron chi connectivity index (χ3n) is 3.83. The molecule has 7 nitrogen and oxygen atoms in total. The van der Waals surface area contributed by atoms with Crippen molar-refractivity contribution < 1.29 is 4.79 Å². The molecule has 4 rings (SSSR count). The van der Waals surface area contributed by atoms with Crippen LogP contribution in [0.25, 0.3) is 16.9 Å². The highest BCUT2D eigenvalue weighted by Gasteiger charge is 2.13. The minimum atomic E-state index is -0.223. The van der Waals surface area contributed by atoms with Gasteiger partial charge in [0.05, 0.1) is 35.7 Å². The highest BCUT2D eigenvalue weighted by molar-refractivity contribution is 6.05. The Labute approximate surface area is 137 Å². The van der Waals surface area contributed by atoms with Crippen molar-refractivity contribution in [2.75, 3.05) is 5.32 Å². The summed E-state index contributed by atoms with van der Waals surface area (Å²) < 4.78 is 1.65. The Morgan fingerprint density at radius 2 is 2.17 bits per heavy atom. The summed E-state index contributed by atoms with van der Waals surface area (Å²) in [6, 6.07) is 9.36. The molecule has 0 radical (unpaired) electrons. The SMILES string of the molecule is Cc1c(C(=O)Nc2cccc(-c3cnc[nH]3)c2)cnc2ccnn12. The van der Waals surface area contributed by atoms with Crippen LogP contribution >= 0.6 is 0 Å². The van der Waals surface area contributed by atoms with Crippen molar-refractivity contribution in [2.45, 2.75) is 6.92 Å². The summed E-state index contributed by atoms with van der Waals surface area (Å²) in [7, 11) is 0. The summed E-state index contributed by atoms with van der Waals surface area (Å²) in [5.41, 5.74) is 4.48. The summed E-state index contributed by atoms with van der Waals surface area (Å²) in [5, 5.41) is 7.08. The fraction of sp³-hybridized carbons (Fsp3) is 0.0588. The standard InChI is InChI=1S/C17H14N6O/c1-11-14(8-19-16-5-6-21-23(11)16)17(24)22-13-4-2-3-12(7-13)15-9-18-10-20-15/h2-10H,1H3,(H,18,20)(H,22,24). The van der Waals surface area contributed by atoms with Gasteiger partial charge in [-0.2, -0.15) is 5.10 Å². The first-order valence-corrected chi connectivity index (χ1v) is 7.42. The Kier molecular flexibility index (Phi) is 3.31. The molecule has 0 bridgehead atoms. The number of benzene rings is 1. The summed E-state index contributed by atoms with van der Waals surface area (Å²) >= 11 is 0. The van der Waals surface area contributed by atoms with Gasteiger partial charge in [-0.15, -0.1) is 0 Å². The zero-order valence-electron chi connectivity index (χ0n) is 12.9. The Morgan fingerprint density at radius 3 is 3.00 bits per heavy atom. The van der Waals surface area contributed by atoms with Crippen molar-refractivity contribution in [1.29, 1.82) is 0 Å². The second-order valence-corrected chi connectivity index (χ2v) is 5.36. The largest absolute Gasteiger partial charge is 0.345 e. The lowest BCUT2D eigenvalue weighted by Crippen LogP contribution is -2.16. The van der Waals surface area contributed by atoms with E-state index in [9.17, 15) is 4.79 Å². The third-order valence-corrected chi connectivity index (χ3v) is 3.83. The van der Waals surface area contributed by atoms with Crippen LogP contribution in [0.3, 0.4) is 0 Å². The number of hydrogen-bond donors (Lipinski definition) is 2. The van der Waals surface area contributed by atoms with Crippen molar-refractivity contribution in [1.82, 2.24) is 24.6 Å². The van der Waals surface area contributed by atoms with Gasteiger partial charge in [-0.25, -0.2) is 14.5 Å². The number of nitrogens with one attached hydrogen (secondary N) is 2. The number of rotatable bonds is 3. The number of aromatic nitrogens is 5. The van der Waals surface area contributed by atoms with Crippen LogP contribution in [0.1, 0.15) is 16.1 Å². The van der Waals surface area contributed by atoms with Crippen molar-refractivity contribution in [3.05, 3.63) is 66.5 Å². The van der Waals surface area contributed by atoms with Gasteiger partial charge in [0.25, 0.3) is 5.91 Å². The van der Waals surface area contributed by atoms with Crippen molar-refractivity contribution >= 4 is 17.2 Å². The molecule has 0 aliphatic heterocycles.